The van der Waals surface area contributed by atoms with Crippen molar-refractivity contribution in [3.8, 4) is 0 Å². The SMILES string of the molecule is O=C(CC1CCS(=O)(=O)C1)N1CCCC2CNCC21. The molecule has 3 unspecified atom stereocenters. The highest BCUT2D eigenvalue weighted by atomic mass is 32.2. The molecule has 1 amide bonds. The molecule has 6 heteroatoms. The number of piperidine rings is 1. The summed E-state index contributed by atoms with van der Waals surface area (Å²) in [5, 5.41) is 3.37. The lowest BCUT2D eigenvalue weighted by molar-refractivity contribution is -0.136. The Bertz CT molecular complexity index is 463. The van der Waals surface area contributed by atoms with Crippen LogP contribution in [-0.2, 0) is 14.6 Å². The maximum atomic E-state index is 12.4. The molecule has 0 radical (unpaired) electrons. The van der Waals surface area contributed by atoms with E-state index in [-0.39, 0.29) is 23.3 Å². The van der Waals surface area contributed by atoms with Crippen molar-refractivity contribution in [1.82, 2.24) is 10.2 Å². The number of carbonyl (C=O) groups excluding carboxylic acids is 1. The lowest BCUT2D eigenvalue weighted by atomic mass is 9.91. The summed E-state index contributed by atoms with van der Waals surface area (Å²) in [6, 6.07) is 0.347. The van der Waals surface area contributed by atoms with Gasteiger partial charge in [0.25, 0.3) is 0 Å². The number of nitrogens with zero attached hydrogens (tertiary/aromatic N) is 1. The molecule has 0 aromatic rings. The first-order chi connectivity index (χ1) is 9.05. The minimum absolute atomic E-state index is 0.0484. The Morgan fingerprint density at radius 1 is 1.26 bits per heavy atom. The van der Waals surface area contributed by atoms with Crippen LogP contribution in [-0.4, -0.2) is 56.4 Å². The number of carbonyl (C=O) groups is 1. The van der Waals surface area contributed by atoms with Crippen molar-refractivity contribution in [1.29, 1.82) is 0 Å². The molecule has 5 nitrogen and oxygen atoms in total. The molecule has 108 valence electrons. The lowest BCUT2D eigenvalue weighted by Crippen LogP contribution is -2.48. The average molecular weight is 286 g/mol. The van der Waals surface area contributed by atoms with Gasteiger partial charge in [-0.2, -0.15) is 0 Å². The number of amides is 1. The van der Waals surface area contributed by atoms with Crippen molar-refractivity contribution in [2.24, 2.45) is 11.8 Å². The van der Waals surface area contributed by atoms with Gasteiger partial charge in [0.2, 0.25) is 5.91 Å². The highest BCUT2D eigenvalue weighted by Gasteiger charge is 2.38. The van der Waals surface area contributed by atoms with Crippen LogP contribution in [0.5, 0.6) is 0 Å². The summed E-state index contributed by atoms with van der Waals surface area (Å²) in [5.41, 5.74) is 0. The number of sulfone groups is 1. The summed E-state index contributed by atoms with van der Waals surface area (Å²) in [6.07, 6.45) is 3.37. The summed E-state index contributed by atoms with van der Waals surface area (Å²) in [6.45, 7) is 2.77. The van der Waals surface area contributed by atoms with Gasteiger partial charge in [0.15, 0.2) is 9.84 Å². The van der Waals surface area contributed by atoms with E-state index in [2.05, 4.69) is 5.32 Å². The Morgan fingerprint density at radius 3 is 2.84 bits per heavy atom. The fraction of sp³-hybridized carbons (Fsp3) is 0.923. The van der Waals surface area contributed by atoms with Crippen molar-refractivity contribution in [2.45, 2.75) is 31.7 Å². The summed E-state index contributed by atoms with van der Waals surface area (Å²) >= 11 is 0. The van der Waals surface area contributed by atoms with Gasteiger partial charge in [-0.05, 0) is 31.1 Å². The van der Waals surface area contributed by atoms with Crippen molar-refractivity contribution in [3.05, 3.63) is 0 Å². The smallest absolute Gasteiger partial charge is 0.223 e. The number of nitrogens with one attached hydrogen (secondary N) is 1. The quantitative estimate of drug-likeness (QED) is 0.777. The molecule has 0 aromatic heterocycles. The molecule has 3 heterocycles. The number of hydrogen-bond acceptors (Lipinski definition) is 4. The van der Waals surface area contributed by atoms with Gasteiger partial charge in [-0.1, -0.05) is 0 Å². The van der Waals surface area contributed by atoms with Gasteiger partial charge < -0.3 is 10.2 Å². The second-order valence-corrected chi connectivity index (χ2v) is 8.42. The maximum absolute atomic E-state index is 12.4. The van der Waals surface area contributed by atoms with Crippen LogP contribution in [0.15, 0.2) is 0 Å². The highest BCUT2D eigenvalue weighted by Crippen LogP contribution is 2.29. The van der Waals surface area contributed by atoms with Gasteiger partial charge in [-0.15, -0.1) is 0 Å². The standard InChI is InChI=1S/C13H22N2O3S/c16-13(6-10-3-5-19(17,18)9-10)15-4-1-2-11-7-14-8-12(11)15/h10-12,14H,1-9H2. The molecule has 0 aliphatic carbocycles. The van der Waals surface area contributed by atoms with Crippen LogP contribution in [0, 0.1) is 11.8 Å². The summed E-state index contributed by atoms with van der Waals surface area (Å²) in [7, 11) is -2.87. The van der Waals surface area contributed by atoms with E-state index in [0.29, 0.717) is 24.8 Å². The predicted molar refractivity (Wildman–Crippen MR) is 72.5 cm³/mol. The Morgan fingerprint density at radius 2 is 2.11 bits per heavy atom. The molecule has 0 spiro atoms. The lowest BCUT2D eigenvalue weighted by Gasteiger charge is -2.37. The van der Waals surface area contributed by atoms with Gasteiger partial charge in [-0.25, -0.2) is 8.42 Å². The minimum Gasteiger partial charge on any atom is -0.338 e. The molecule has 0 bridgehead atoms. The summed E-state index contributed by atoms with van der Waals surface area (Å²) < 4.78 is 22.9. The Kier molecular flexibility index (Phi) is 3.55. The zero-order valence-corrected chi connectivity index (χ0v) is 12.0. The van der Waals surface area contributed by atoms with Gasteiger partial charge in [0.1, 0.15) is 0 Å². The molecular weight excluding hydrogens is 264 g/mol. The second kappa shape index (κ2) is 5.05. The number of hydrogen-bond donors (Lipinski definition) is 1. The molecule has 0 saturated carbocycles. The van der Waals surface area contributed by atoms with Crippen LogP contribution >= 0.6 is 0 Å². The zero-order chi connectivity index (χ0) is 13.5. The first-order valence-electron chi connectivity index (χ1n) is 7.26. The monoisotopic (exact) mass is 286 g/mol. The van der Waals surface area contributed by atoms with Crippen LogP contribution in [0.1, 0.15) is 25.7 Å². The van der Waals surface area contributed by atoms with E-state index in [9.17, 15) is 13.2 Å². The third-order valence-corrected chi connectivity index (χ3v) is 6.63. The summed E-state index contributed by atoms with van der Waals surface area (Å²) in [4.78, 5) is 14.4. The molecule has 1 N–H and O–H groups in total. The average Bonchev–Trinajstić information content (AvgIpc) is 2.94. The van der Waals surface area contributed by atoms with E-state index in [1.807, 2.05) is 4.90 Å². The molecule has 3 saturated heterocycles. The van der Waals surface area contributed by atoms with E-state index in [0.717, 1.165) is 26.1 Å². The van der Waals surface area contributed by atoms with Gasteiger partial charge >= 0.3 is 0 Å². The first-order valence-corrected chi connectivity index (χ1v) is 9.08. The second-order valence-electron chi connectivity index (χ2n) is 6.19. The molecule has 0 aromatic carbocycles. The van der Waals surface area contributed by atoms with Crippen molar-refractivity contribution >= 4 is 15.7 Å². The van der Waals surface area contributed by atoms with Crippen molar-refractivity contribution < 1.29 is 13.2 Å². The number of likely N-dealkylation sites (tertiary alicyclic amines) is 1. The summed E-state index contributed by atoms with van der Waals surface area (Å²) in [5.74, 6) is 1.29. The number of fused-ring (bicyclic) bond motifs is 1. The van der Waals surface area contributed by atoms with Crippen molar-refractivity contribution in [3.63, 3.8) is 0 Å². The first kappa shape index (κ1) is 13.4. The Balaban J connectivity index is 1.61. The largest absolute Gasteiger partial charge is 0.338 e. The third kappa shape index (κ3) is 2.79. The Labute approximate surface area is 114 Å². The van der Waals surface area contributed by atoms with Gasteiger partial charge in [0.05, 0.1) is 11.5 Å². The molecule has 3 aliphatic heterocycles. The minimum atomic E-state index is -2.87. The molecule has 19 heavy (non-hydrogen) atoms. The van der Waals surface area contributed by atoms with Crippen LogP contribution in [0.2, 0.25) is 0 Å². The van der Waals surface area contributed by atoms with E-state index in [1.165, 1.54) is 6.42 Å². The number of rotatable bonds is 2. The molecule has 3 fully saturated rings. The molecule has 3 atom stereocenters. The van der Waals surface area contributed by atoms with E-state index in [4.69, 9.17) is 0 Å². The predicted octanol–water partition coefficient (Wildman–Crippen LogP) is 0.0216. The van der Waals surface area contributed by atoms with Crippen molar-refractivity contribution in [2.75, 3.05) is 31.1 Å². The maximum Gasteiger partial charge on any atom is 0.223 e. The molecule has 3 rings (SSSR count). The zero-order valence-electron chi connectivity index (χ0n) is 11.2. The van der Waals surface area contributed by atoms with E-state index in [1.54, 1.807) is 0 Å². The van der Waals surface area contributed by atoms with Gasteiger partial charge in [0, 0.05) is 32.1 Å². The molecule has 3 aliphatic rings. The topological polar surface area (TPSA) is 66.5 Å². The van der Waals surface area contributed by atoms with Crippen LogP contribution < -0.4 is 5.32 Å². The fourth-order valence-corrected chi connectivity index (χ4v) is 5.64. The fourth-order valence-electron chi connectivity index (χ4n) is 3.77. The van der Waals surface area contributed by atoms with Crippen LogP contribution in [0.25, 0.3) is 0 Å². The van der Waals surface area contributed by atoms with Gasteiger partial charge in [-0.3, -0.25) is 4.79 Å². The van der Waals surface area contributed by atoms with E-state index < -0.39 is 9.84 Å². The highest BCUT2D eigenvalue weighted by molar-refractivity contribution is 7.91. The van der Waals surface area contributed by atoms with E-state index >= 15 is 0 Å². The normalized spacial score (nSPS) is 37.3. The third-order valence-electron chi connectivity index (χ3n) is 4.79. The Hall–Kier alpha value is -0.620. The van der Waals surface area contributed by atoms with Crippen LogP contribution in [0.4, 0.5) is 0 Å². The molecular formula is C13H22N2O3S. The van der Waals surface area contributed by atoms with Crippen LogP contribution in [0.3, 0.4) is 0 Å².